The number of carboxylic acid groups (broad SMARTS) is 1. The summed E-state index contributed by atoms with van der Waals surface area (Å²) in [6.07, 6.45) is 7.03. The predicted octanol–water partition coefficient (Wildman–Crippen LogP) is 1.68. The molecule has 1 aliphatic heterocycles. The Balaban J connectivity index is 1.78. The highest BCUT2D eigenvalue weighted by molar-refractivity contribution is 8.00. The molecule has 1 amide bonds. The van der Waals surface area contributed by atoms with E-state index in [1.54, 1.807) is 0 Å². The van der Waals surface area contributed by atoms with E-state index in [0.29, 0.717) is 5.25 Å². The number of nitrogens with zero attached hydrogens (tertiary/aromatic N) is 3. The van der Waals surface area contributed by atoms with E-state index in [9.17, 15) is 9.59 Å². The summed E-state index contributed by atoms with van der Waals surface area (Å²) in [6.45, 7) is 0.729. The first-order valence-electron chi connectivity index (χ1n) is 7.15. The van der Waals surface area contributed by atoms with Gasteiger partial charge in [0.05, 0.1) is 12.4 Å². The van der Waals surface area contributed by atoms with E-state index in [1.807, 2.05) is 16.7 Å². The zero-order valence-electron chi connectivity index (χ0n) is 11.6. The number of thioether (sulfide) groups is 1. The average molecular weight is 307 g/mol. The summed E-state index contributed by atoms with van der Waals surface area (Å²) >= 11 is 1.96. The Bertz CT molecular complexity index is 547. The van der Waals surface area contributed by atoms with Gasteiger partial charge >= 0.3 is 5.97 Å². The minimum Gasteiger partial charge on any atom is -0.476 e. The molecule has 2 fully saturated rings. The average Bonchev–Trinajstić information content (AvgIpc) is 2.53. The largest absolute Gasteiger partial charge is 0.476 e. The van der Waals surface area contributed by atoms with Gasteiger partial charge in [0.25, 0.3) is 5.91 Å². The highest BCUT2D eigenvalue weighted by Crippen LogP contribution is 2.35. The standard InChI is InChI=1S/C14H17N3O3S/c18-13(9-7-16-10(8-15-9)14(19)20)17-5-6-21-12-4-2-1-3-11(12)17/h7-8,11-12H,1-6H2,(H,19,20). The third kappa shape index (κ3) is 2.88. The van der Waals surface area contributed by atoms with Crippen molar-refractivity contribution in [2.24, 2.45) is 0 Å². The molecule has 2 atom stereocenters. The summed E-state index contributed by atoms with van der Waals surface area (Å²) < 4.78 is 0. The number of carbonyl (C=O) groups is 2. The van der Waals surface area contributed by atoms with E-state index in [4.69, 9.17) is 5.11 Å². The fourth-order valence-corrected chi connectivity index (χ4v) is 4.49. The van der Waals surface area contributed by atoms with Crippen molar-refractivity contribution in [3.05, 3.63) is 23.8 Å². The molecule has 2 heterocycles. The molecule has 6 nitrogen and oxygen atoms in total. The molecule has 0 bridgehead atoms. The molecule has 2 unspecified atom stereocenters. The van der Waals surface area contributed by atoms with Gasteiger partial charge in [0.1, 0.15) is 5.69 Å². The lowest BCUT2D eigenvalue weighted by atomic mass is 9.93. The van der Waals surface area contributed by atoms with E-state index in [-0.39, 0.29) is 23.3 Å². The van der Waals surface area contributed by atoms with Crippen molar-refractivity contribution >= 4 is 23.6 Å². The van der Waals surface area contributed by atoms with Crippen LogP contribution in [0.1, 0.15) is 46.7 Å². The minimum absolute atomic E-state index is 0.128. The quantitative estimate of drug-likeness (QED) is 0.895. The third-order valence-electron chi connectivity index (χ3n) is 4.08. The molecule has 1 aliphatic carbocycles. The van der Waals surface area contributed by atoms with Crippen LogP contribution in [0.15, 0.2) is 12.4 Å². The van der Waals surface area contributed by atoms with Gasteiger partial charge in [0.15, 0.2) is 5.69 Å². The van der Waals surface area contributed by atoms with Crippen molar-refractivity contribution in [2.75, 3.05) is 12.3 Å². The van der Waals surface area contributed by atoms with Crippen LogP contribution >= 0.6 is 11.8 Å². The number of rotatable bonds is 2. The Labute approximate surface area is 127 Å². The van der Waals surface area contributed by atoms with Gasteiger partial charge in [-0.15, -0.1) is 0 Å². The van der Waals surface area contributed by atoms with Crippen LogP contribution in [0, 0.1) is 0 Å². The van der Waals surface area contributed by atoms with E-state index in [1.165, 1.54) is 19.0 Å². The van der Waals surface area contributed by atoms with Crippen molar-refractivity contribution in [3.8, 4) is 0 Å². The zero-order valence-corrected chi connectivity index (χ0v) is 12.4. The smallest absolute Gasteiger partial charge is 0.356 e. The number of amides is 1. The van der Waals surface area contributed by atoms with Crippen LogP contribution in [0.3, 0.4) is 0 Å². The first-order chi connectivity index (χ1) is 10.2. The normalized spacial score (nSPS) is 25.2. The number of carbonyl (C=O) groups excluding carboxylic acids is 1. The molecule has 1 saturated heterocycles. The third-order valence-corrected chi connectivity index (χ3v) is 5.48. The molecule has 1 saturated carbocycles. The number of aromatic nitrogens is 2. The van der Waals surface area contributed by atoms with Gasteiger partial charge in [-0.1, -0.05) is 12.8 Å². The molecule has 0 aromatic carbocycles. The van der Waals surface area contributed by atoms with Crippen molar-refractivity contribution in [2.45, 2.75) is 37.0 Å². The highest BCUT2D eigenvalue weighted by Gasteiger charge is 2.37. The summed E-state index contributed by atoms with van der Waals surface area (Å²) in [6, 6.07) is 0.283. The summed E-state index contributed by atoms with van der Waals surface area (Å²) in [5.41, 5.74) is 0.0903. The van der Waals surface area contributed by atoms with Crippen molar-refractivity contribution in [1.29, 1.82) is 0 Å². The fraction of sp³-hybridized carbons (Fsp3) is 0.571. The molecule has 2 aliphatic rings. The second kappa shape index (κ2) is 6.01. The maximum absolute atomic E-state index is 12.6. The van der Waals surface area contributed by atoms with Crippen molar-refractivity contribution in [1.82, 2.24) is 14.9 Å². The van der Waals surface area contributed by atoms with Crippen molar-refractivity contribution < 1.29 is 14.7 Å². The van der Waals surface area contributed by atoms with Crippen LogP contribution < -0.4 is 0 Å². The Morgan fingerprint density at radius 3 is 2.62 bits per heavy atom. The molecular formula is C14H17N3O3S. The lowest BCUT2D eigenvalue weighted by Gasteiger charge is -2.43. The summed E-state index contributed by atoms with van der Waals surface area (Å²) in [5.74, 6) is -0.312. The molecule has 0 spiro atoms. The van der Waals surface area contributed by atoms with Gasteiger partial charge in [-0.25, -0.2) is 14.8 Å². The van der Waals surface area contributed by atoms with Gasteiger partial charge < -0.3 is 10.0 Å². The first-order valence-corrected chi connectivity index (χ1v) is 8.19. The second-order valence-electron chi connectivity index (χ2n) is 5.35. The molecule has 21 heavy (non-hydrogen) atoms. The van der Waals surface area contributed by atoms with Gasteiger partial charge in [-0.2, -0.15) is 11.8 Å². The maximum atomic E-state index is 12.6. The van der Waals surface area contributed by atoms with Gasteiger partial charge in [-0.05, 0) is 12.8 Å². The Kier molecular flexibility index (Phi) is 4.10. The zero-order chi connectivity index (χ0) is 14.8. The fourth-order valence-electron chi connectivity index (χ4n) is 3.04. The van der Waals surface area contributed by atoms with Crippen LogP contribution in [0.25, 0.3) is 0 Å². The molecular weight excluding hydrogens is 290 g/mol. The van der Waals surface area contributed by atoms with Crippen LogP contribution in [0.2, 0.25) is 0 Å². The predicted molar refractivity (Wildman–Crippen MR) is 78.5 cm³/mol. The summed E-state index contributed by atoms with van der Waals surface area (Å²) in [7, 11) is 0. The highest BCUT2D eigenvalue weighted by atomic mass is 32.2. The number of hydrogen-bond donors (Lipinski definition) is 1. The molecule has 1 aromatic heterocycles. The number of aromatic carboxylic acids is 1. The summed E-state index contributed by atoms with van der Waals surface area (Å²) in [4.78, 5) is 33.0. The molecule has 3 rings (SSSR count). The molecule has 1 N–H and O–H groups in total. The van der Waals surface area contributed by atoms with Crippen molar-refractivity contribution in [3.63, 3.8) is 0 Å². The summed E-state index contributed by atoms with van der Waals surface area (Å²) in [5, 5.41) is 9.35. The van der Waals surface area contributed by atoms with Gasteiger partial charge in [-0.3, -0.25) is 4.79 Å². The van der Waals surface area contributed by atoms with Crippen LogP contribution in [-0.2, 0) is 0 Å². The van der Waals surface area contributed by atoms with E-state index in [0.717, 1.165) is 31.3 Å². The van der Waals surface area contributed by atoms with E-state index in [2.05, 4.69) is 9.97 Å². The van der Waals surface area contributed by atoms with Gasteiger partial charge in [0.2, 0.25) is 0 Å². The topological polar surface area (TPSA) is 83.4 Å². The Morgan fingerprint density at radius 2 is 1.90 bits per heavy atom. The van der Waals surface area contributed by atoms with E-state index < -0.39 is 5.97 Å². The molecule has 7 heteroatoms. The van der Waals surface area contributed by atoms with Crippen LogP contribution in [-0.4, -0.2) is 55.4 Å². The Morgan fingerprint density at radius 1 is 1.19 bits per heavy atom. The first kappa shape index (κ1) is 14.3. The molecule has 0 radical (unpaired) electrons. The number of carboxylic acids is 1. The molecule has 1 aromatic rings. The lowest BCUT2D eigenvalue weighted by molar-refractivity contribution is 0.0634. The van der Waals surface area contributed by atoms with Crippen LogP contribution in [0.4, 0.5) is 0 Å². The SMILES string of the molecule is O=C(O)c1cnc(C(=O)N2CCSC3CCCCC32)cn1. The monoisotopic (exact) mass is 307 g/mol. The second-order valence-corrected chi connectivity index (χ2v) is 6.70. The number of fused-ring (bicyclic) bond motifs is 1. The Hall–Kier alpha value is -1.63. The van der Waals surface area contributed by atoms with Gasteiger partial charge in [0, 0.05) is 23.6 Å². The maximum Gasteiger partial charge on any atom is 0.356 e. The minimum atomic E-state index is -1.14. The van der Waals surface area contributed by atoms with E-state index >= 15 is 0 Å². The lowest BCUT2D eigenvalue weighted by Crippen LogP contribution is -2.51. The van der Waals surface area contributed by atoms with Crippen LogP contribution in [0.5, 0.6) is 0 Å². The molecule has 112 valence electrons. The number of hydrogen-bond acceptors (Lipinski definition) is 5.